The molecule has 0 saturated heterocycles. The van der Waals surface area contributed by atoms with E-state index in [1.807, 2.05) is 37.4 Å². The summed E-state index contributed by atoms with van der Waals surface area (Å²) in [7, 11) is 1.83. The highest BCUT2D eigenvalue weighted by atomic mass is 15.0. The van der Waals surface area contributed by atoms with Crippen LogP contribution < -0.4 is 5.32 Å². The Labute approximate surface area is 82.8 Å². The molecule has 70 valence electrons. The summed E-state index contributed by atoms with van der Waals surface area (Å²) in [5, 5.41) is 2.96. The predicted octanol–water partition coefficient (Wildman–Crippen LogP) is 2.19. The van der Waals surface area contributed by atoms with Gasteiger partial charge in [0.2, 0.25) is 0 Å². The van der Waals surface area contributed by atoms with Gasteiger partial charge in [-0.2, -0.15) is 0 Å². The van der Waals surface area contributed by atoms with E-state index in [0.717, 1.165) is 17.1 Å². The zero-order chi connectivity index (χ0) is 9.80. The minimum Gasteiger partial charge on any atom is -0.372 e. The second kappa shape index (κ2) is 3.87. The molecule has 3 heteroatoms. The average molecular weight is 185 g/mol. The maximum atomic E-state index is 4.39. The molecule has 14 heavy (non-hydrogen) atoms. The molecule has 0 radical (unpaired) electrons. The zero-order valence-electron chi connectivity index (χ0n) is 7.94. The van der Waals surface area contributed by atoms with Gasteiger partial charge < -0.3 is 5.32 Å². The van der Waals surface area contributed by atoms with Gasteiger partial charge in [-0.15, -0.1) is 0 Å². The van der Waals surface area contributed by atoms with E-state index in [0.29, 0.717) is 0 Å². The molecule has 0 aliphatic carbocycles. The van der Waals surface area contributed by atoms with Gasteiger partial charge >= 0.3 is 0 Å². The second-order valence-electron chi connectivity index (χ2n) is 2.91. The van der Waals surface area contributed by atoms with E-state index in [1.54, 1.807) is 12.4 Å². The van der Waals surface area contributed by atoms with Crippen LogP contribution in [0.2, 0.25) is 0 Å². The van der Waals surface area contributed by atoms with E-state index in [4.69, 9.17) is 0 Å². The van der Waals surface area contributed by atoms with Crippen LogP contribution in [0.25, 0.3) is 11.3 Å². The van der Waals surface area contributed by atoms with Crippen molar-refractivity contribution in [2.24, 2.45) is 0 Å². The van der Waals surface area contributed by atoms with Crippen LogP contribution in [-0.4, -0.2) is 17.0 Å². The van der Waals surface area contributed by atoms with Gasteiger partial charge in [-0.25, -0.2) is 4.98 Å². The van der Waals surface area contributed by atoms with Gasteiger partial charge in [-0.1, -0.05) is 30.3 Å². The topological polar surface area (TPSA) is 37.8 Å². The second-order valence-corrected chi connectivity index (χ2v) is 2.91. The summed E-state index contributed by atoms with van der Waals surface area (Å²) in [5.41, 5.74) is 1.97. The molecule has 0 atom stereocenters. The fourth-order valence-electron chi connectivity index (χ4n) is 1.23. The number of rotatable bonds is 2. The molecule has 0 saturated carbocycles. The van der Waals surface area contributed by atoms with Crippen molar-refractivity contribution in [2.75, 3.05) is 12.4 Å². The number of anilines is 1. The van der Waals surface area contributed by atoms with E-state index in [2.05, 4.69) is 15.3 Å². The summed E-state index contributed by atoms with van der Waals surface area (Å²) >= 11 is 0. The molecule has 2 rings (SSSR count). The van der Waals surface area contributed by atoms with Gasteiger partial charge in [-0.05, 0) is 0 Å². The molecule has 0 aliphatic rings. The summed E-state index contributed by atoms with van der Waals surface area (Å²) < 4.78 is 0. The highest BCUT2D eigenvalue weighted by Crippen LogP contribution is 2.16. The normalized spacial score (nSPS) is 9.79. The molecule has 0 amide bonds. The van der Waals surface area contributed by atoms with Crippen molar-refractivity contribution in [2.45, 2.75) is 0 Å². The number of nitrogens with one attached hydrogen (secondary N) is 1. The van der Waals surface area contributed by atoms with Crippen molar-refractivity contribution >= 4 is 5.82 Å². The number of nitrogens with zero attached hydrogens (tertiary/aromatic N) is 2. The molecule has 3 nitrogen and oxygen atoms in total. The van der Waals surface area contributed by atoms with Crippen molar-refractivity contribution in [1.29, 1.82) is 0 Å². The minimum absolute atomic E-state index is 0.784. The van der Waals surface area contributed by atoms with Crippen LogP contribution >= 0.6 is 0 Å². The fraction of sp³-hybridized carbons (Fsp3) is 0.0909. The first-order valence-corrected chi connectivity index (χ1v) is 4.45. The molecule has 2 aromatic rings. The molecular formula is C11H11N3. The number of aromatic nitrogens is 2. The van der Waals surface area contributed by atoms with E-state index in [1.165, 1.54) is 0 Å². The van der Waals surface area contributed by atoms with Gasteiger partial charge in [0.1, 0.15) is 5.82 Å². The van der Waals surface area contributed by atoms with Crippen molar-refractivity contribution in [1.82, 2.24) is 9.97 Å². The van der Waals surface area contributed by atoms with E-state index >= 15 is 0 Å². The first kappa shape index (κ1) is 8.69. The van der Waals surface area contributed by atoms with E-state index in [9.17, 15) is 0 Å². The molecule has 1 heterocycles. The average Bonchev–Trinajstić information content (AvgIpc) is 2.30. The quantitative estimate of drug-likeness (QED) is 0.779. The van der Waals surface area contributed by atoms with Crippen LogP contribution in [0.5, 0.6) is 0 Å². The predicted molar refractivity (Wildman–Crippen MR) is 57.0 cm³/mol. The molecule has 0 fully saturated rings. The van der Waals surface area contributed by atoms with Crippen molar-refractivity contribution in [3.8, 4) is 11.3 Å². The Bertz CT molecular complexity index is 412. The van der Waals surface area contributed by atoms with Gasteiger partial charge in [0, 0.05) is 12.6 Å². The van der Waals surface area contributed by atoms with Gasteiger partial charge in [0.05, 0.1) is 18.1 Å². The summed E-state index contributed by atoms with van der Waals surface area (Å²) in [6.07, 6.45) is 3.46. The molecule has 1 aromatic carbocycles. The fourth-order valence-corrected chi connectivity index (χ4v) is 1.23. The lowest BCUT2D eigenvalue weighted by atomic mass is 10.2. The van der Waals surface area contributed by atoms with Crippen LogP contribution in [0.3, 0.4) is 0 Å². The minimum atomic E-state index is 0.784. The third-order valence-electron chi connectivity index (χ3n) is 1.96. The molecule has 1 N–H and O–H groups in total. The van der Waals surface area contributed by atoms with Gasteiger partial charge in [0.25, 0.3) is 0 Å². The van der Waals surface area contributed by atoms with Gasteiger partial charge in [-0.3, -0.25) is 4.98 Å². The van der Waals surface area contributed by atoms with Crippen molar-refractivity contribution < 1.29 is 0 Å². The number of benzene rings is 1. The summed E-state index contributed by atoms with van der Waals surface area (Å²) in [6.45, 7) is 0. The lowest BCUT2D eigenvalue weighted by Gasteiger charge is -2.02. The SMILES string of the molecule is CNc1cncc(-c2ccccc2)n1. The summed E-state index contributed by atoms with van der Waals surface area (Å²) in [6, 6.07) is 10.00. The Morgan fingerprint density at radius 1 is 1.07 bits per heavy atom. The van der Waals surface area contributed by atoms with Crippen LogP contribution in [-0.2, 0) is 0 Å². The smallest absolute Gasteiger partial charge is 0.144 e. The lowest BCUT2D eigenvalue weighted by molar-refractivity contribution is 1.19. The molecule has 0 unspecified atom stereocenters. The van der Waals surface area contributed by atoms with Crippen molar-refractivity contribution in [3.05, 3.63) is 42.7 Å². The summed E-state index contributed by atoms with van der Waals surface area (Å²) in [4.78, 5) is 8.49. The Morgan fingerprint density at radius 3 is 2.57 bits per heavy atom. The zero-order valence-corrected chi connectivity index (χ0v) is 7.94. The van der Waals surface area contributed by atoms with Crippen LogP contribution in [0.15, 0.2) is 42.7 Å². The Balaban J connectivity index is 2.42. The van der Waals surface area contributed by atoms with E-state index < -0.39 is 0 Å². The van der Waals surface area contributed by atoms with E-state index in [-0.39, 0.29) is 0 Å². The molecule has 0 aliphatic heterocycles. The Kier molecular flexibility index (Phi) is 2.40. The monoisotopic (exact) mass is 185 g/mol. The standard InChI is InChI=1S/C11H11N3/c1-12-11-8-13-7-10(14-11)9-5-3-2-4-6-9/h2-8H,1H3,(H,12,14). The molecule has 1 aromatic heterocycles. The van der Waals surface area contributed by atoms with Gasteiger partial charge in [0.15, 0.2) is 0 Å². The first-order chi connectivity index (χ1) is 6.90. The van der Waals surface area contributed by atoms with Crippen LogP contribution in [0, 0.1) is 0 Å². The molecular weight excluding hydrogens is 174 g/mol. The lowest BCUT2D eigenvalue weighted by Crippen LogP contribution is -1.94. The highest BCUT2D eigenvalue weighted by molar-refractivity contribution is 5.59. The Morgan fingerprint density at radius 2 is 1.86 bits per heavy atom. The van der Waals surface area contributed by atoms with Crippen molar-refractivity contribution in [3.63, 3.8) is 0 Å². The molecule has 0 spiro atoms. The largest absolute Gasteiger partial charge is 0.372 e. The van der Waals surface area contributed by atoms with Crippen LogP contribution in [0.1, 0.15) is 0 Å². The first-order valence-electron chi connectivity index (χ1n) is 4.45. The summed E-state index contributed by atoms with van der Waals surface area (Å²) in [5.74, 6) is 0.784. The highest BCUT2D eigenvalue weighted by Gasteiger charge is 1.98. The maximum Gasteiger partial charge on any atom is 0.144 e. The van der Waals surface area contributed by atoms with Crippen LogP contribution in [0.4, 0.5) is 5.82 Å². The Hall–Kier alpha value is -1.90. The number of hydrogen-bond acceptors (Lipinski definition) is 3. The maximum absolute atomic E-state index is 4.39. The third kappa shape index (κ3) is 1.71. The number of hydrogen-bond donors (Lipinski definition) is 1. The molecule has 0 bridgehead atoms. The third-order valence-corrected chi connectivity index (χ3v) is 1.96.